The van der Waals surface area contributed by atoms with Gasteiger partial charge in [0.1, 0.15) is 0 Å². The van der Waals surface area contributed by atoms with Crippen LogP contribution in [0.2, 0.25) is 0 Å². The van der Waals surface area contributed by atoms with Gasteiger partial charge >= 0.3 is 0 Å². The van der Waals surface area contributed by atoms with Crippen molar-refractivity contribution in [2.75, 3.05) is 21.3 Å². The molecule has 0 amide bonds. The first-order valence-corrected chi connectivity index (χ1v) is 14.4. The van der Waals surface area contributed by atoms with Crippen molar-refractivity contribution in [3.05, 3.63) is 97.1 Å². The maximum atomic E-state index is 3.47. The molecule has 4 aromatic rings. The van der Waals surface area contributed by atoms with E-state index in [4.69, 9.17) is 0 Å². The van der Waals surface area contributed by atoms with Gasteiger partial charge in [-0.3, -0.25) is 0 Å². The minimum atomic E-state index is 0.427. The van der Waals surface area contributed by atoms with Crippen molar-refractivity contribution in [2.24, 2.45) is 0 Å². The summed E-state index contributed by atoms with van der Waals surface area (Å²) in [4.78, 5) is 2.44. The van der Waals surface area contributed by atoms with E-state index >= 15 is 0 Å². The van der Waals surface area contributed by atoms with Crippen LogP contribution < -0.4 is 21.3 Å². The molecule has 0 aliphatic carbocycles. The topological polar surface area (TPSA) is 48.1 Å². The van der Waals surface area contributed by atoms with Crippen LogP contribution in [0.4, 0.5) is 34.1 Å². The van der Waals surface area contributed by atoms with Gasteiger partial charge in [0.25, 0.3) is 0 Å². The minimum absolute atomic E-state index is 0.427. The molecule has 0 aliphatic rings. The Balaban J connectivity index is 1.25. The van der Waals surface area contributed by atoms with E-state index in [2.05, 4.69) is 146 Å². The van der Waals surface area contributed by atoms with Gasteiger partial charge in [0, 0.05) is 56.0 Å². The van der Waals surface area contributed by atoms with Crippen molar-refractivity contribution in [3.8, 4) is 0 Å². The highest BCUT2D eigenvalue weighted by molar-refractivity contribution is 8.76. The first kappa shape index (κ1) is 25.9. The van der Waals surface area contributed by atoms with Gasteiger partial charge < -0.3 is 21.3 Å². The van der Waals surface area contributed by atoms with Crippen molar-refractivity contribution in [2.45, 2.75) is 49.6 Å². The van der Waals surface area contributed by atoms with Gasteiger partial charge in [-0.25, -0.2) is 0 Å². The lowest BCUT2D eigenvalue weighted by Crippen LogP contribution is -2.09. The SMILES string of the molecule is CC(C)Nc1ccc(Nc2ccc(SSc3ccc(Nc4ccc(NC(C)C)cc4)cc3)cc2)cc1. The number of hydrogen-bond acceptors (Lipinski definition) is 6. The van der Waals surface area contributed by atoms with Crippen LogP contribution in [0, 0.1) is 0 Å². The normalized spacial score (nSPS) is 10.9. The summed E-state index contributed by atoms with van der Waals surface area (Å²) in [5.41, 5.74) is 6.59. The van der Waals surface area contributed by atoms with Crippen LogP contribution in [0.5, 0.6) is 0 Å². The highest BCUT2D eigenvalue weighted by Crippen LogP contribution is 2.38. The number of anilines is 6. The van der Waals surface area contributed by atoms with Crippen molar-refractivity contribution in [1.82, 2.24) is 0 Å². The second-order valence-corrected chi connectivity index (χ2v) is 11.5. The fourth-order valence-corrected chi connectivity index (χ4v) is 5.51. The highest BCUT2D eigenvalue weighted by Gasteiger charge is 2.02. The van der Waals surface area contributed by atoms with Crippen LogP contribution in [0.1, 0.15) is 27.7 Å². The summed E-state index contributed by atoms with van der Waals surface area (Å²) in [5.74, 6) is 0. The molecule has 6 heteroatoms. The Bertz CT molecular complexity index is 1110. The number of rotatable bonds is 11. The van der Waals surface area contributed by atoms with E-state index in [0.29, 0.717) is 12.1 Å². The molecule has 4 nitrogen and oxygen atoms in total. The Morgan fingerprint density at radius 3 is 0.917 bits per heavy atom. The van der Waals surface area contributed by atoms with E-state index in [1.54, 1.807) is 21.6 Å². The van der Waals surface area contributed by atoms with E-state index in [0.717, 1.165) is 34.1 Å². The van der Waals surface area contributed by atoms with Crippen LogP contribution in [0.25, 0.3) is 0 Å². The number of hydrogen-bond donors (Lipinski definition) is 4. The second kappa shape index (κ2) is 12.7. The Morgan fingerprint density at radius 2 is 0.639 bits per heavy atom. The molecule has 0 unspecified atom stereocenters. The molecule has 36 heavy (non-hydrogen) atoms. The molecule has 186 valence electrons. The zero-order valence-corrected chi connectivity index (χ0v) is 22.8. The second-order valence-electron chi connectivity index (χ2n) is 9.22. The van der Waals surface area contributed by atoms with Crippen LogP contribution in [-0.4, -0.2) is 12.1 Å². The third-order valence-corrected chi connectivity index (χ3v) is 7.62. The predicted octanol–water partition coefficient (Wildman–Crippen LogP) is 9.61. The minimum Gasteiger partial charge on any atom is -0.383 e. The van der Waals surface area contributed by atoms with E-state index in [1.807, 2.05) is 0 Å². The largest absolute Gasteiger partial charge is 0.383 e. The van der Waals surface area contributed by atoms with Crippen LogP contribution in [0.15, 0.2) is 107 Å². The summed E-state index contributed by atoms with van der Waals surface area (Å²) < 4.78 is 0. The molecule has 0 atom stereocenters. The smallest absolute Gasteiger partial charge is 0.0385 e. The van der Waals surface area contributed by atoms with Crippen molar-refractivity contribution in [1.29, 1.82) is 0 Å². The fraction of sp³-hybridized carbons (Fsp3) is 0.200. The van der Waals surface area contributed by atoms with Gasteiger partial charge in [-0.1, -0.05) is 21.6 Å². The summed E-state index contributed by atoms with van der Waals surface area (Å²) in [6.45, 7) is 8.57. The molecule has 0 aliphatic heterocycles. The maximum absolute atomic E-state index is 3.47. The standard InChI is InChI=1S/C30H34N4S2/c1-21(2)31-23-5-9-25(10-6-23)33-27-13-17-29(18-14-27)35-36-30-19-15-28(16-20-30)34-26-11-7-24(8-12-26)32-22(3)4/h5-22,31-34H,1-4H3. The number of benzene rings is 4. The summed E-state index contributed by atoms with van der Waals surface area (Å²) in [6.07, 6.45) is 0. The molecule has 0 heterocycles. The van der Waals surface area contributed by atoms with Gasteiger partial charge in [-0.2, -0.15) is 0 Å². The van der Waals surface area contributed by atoms with E-state index in [1.165, 1.54) is 9.79 Å². The summed E-state index contributed by atoms with van der Waals surface area (Å²) in [6, 6.07) is 34.8. The van der Waals surface area contributed by atoms with Gasteiger partial charge in [-0.05, 0) is 125 Å². The molecule has 0 spiro atoms. The molecule has 0 radical (unpaired) electrons. The maximum Gasteiger partial charge on any atom is 0.0385 e. The lowest BCUT2D eigenvalue weighted by molar-refractivity contribution is 0.899. The first-order chi connectivity index (χ1) is 17.4. The van der Waals surface area contributed by atoms with Crippen LogP contribution >= 0.6 is 21.6 Å². The molecule has 0 saturated carbocycles. The molecule has 0 saturated heterocycles. The van der Waals surface area contributed by atoms with Gasteiger partial charge in [0.05, 0.1) is 0 Å². The van der Waals surface area contributed by atoms with Crippen LogP contribution in [-0.2, 0) is 0 Å². The van der Waals surface area contributed by atoms with E-state index < -0.39 is 0 Å². The summed E-state index contributed by atoms with van der Waals surface area (Å²) >= 11 is 0. The molecule has 0 aromatic heterocycles. The zero-order valence-electron chi connectivity index (χ0n) is 21.2. The van der Waals surface area contributed by atoms with E-state index in [9.17, 15) is 0 Å². The van der Waals surface area contributed by atoms with Gasteiger partial charge in [-0.15, -0.1) is 0 Å². The molecule has 0 bridgehead atoms. The highest BCUT2D eigenvalue weighted by atomic mass is 33.1. The summed E-state index contributed by atoms with van der Waals surface area (Å²) in [7, 11) is 3.53. The van der Waals surface area contributed by atoms with E-state index in [-0.39, 0.29) is 0 Å². The lowest BCUT2D eigenvalue weighted by atomic mass is 10.2. The molecule has 4 aromatic carbocycles. The van der Waals surface area contributed by atoms with Crippen molar-refractivity contribution in [3.63, 3.8) is 0 Å². The molecule has 4 rings (SSSR count). The summed E-state index contributed by atoms with van der Waals surface area (Å²) in [5, 5.41) is 13.8. The predicted molar refractivity (Wildman–Crippen MR) is 162 cm³/mol. The fourth-order valence-electron chi connectivity index (χ4n) is 3.58. The Labute approximate surface area is 223 Å². The molecule has 4 N–H and O–H groups in total. The molecular formula is C30H34N4S2. The Hall–Kier alpha value is -3.22. The Kier molecular flexibility index (Phi) is 9.09. The zero-order chi connectivity index (χ0) is 25.3. The third-order valence-electron chi connectivity index (χ3n) is 5.20. The quantitative estimate of drug-likeness (QED) is 0.149. The Morgan fingerprint density at radius 1 is 0.389 bits per heavy atom. The van der Waals surface area contributed by atoms with Crippen LogP contribution in [0.3, 0.4) is 0 Å². The van der Waals surface area contributed by atoms with Crippen molar-refractivity contribution >= 4 is 55.7 Å². The average molecular weight is 515 g/mol. The van der Waals surface area contributed by atoms with Gasteiger partial charge in [0.15, 0.2) is 0 Å². The lowest BCUT2D eigenvalue weighted by Gasteiger charge is -2.12. The first-order valence-electron chi connectivity index (χ1n) is 12.2. The van der Waals surface area contributed by atoms with Crippen molar-refractivity contribution < 1.29 is 0 Å². The molecular weight excluding hydrogens is 480 g/mol. The third kappa shape index (κ3) is 8.18. The monoisotopic (exact) mass is 514 g/mol. The average Bonchev–Trinajstić information content (AvgIpc) is 2.86. The van der Waals surface area contributed by atoms with Gasteiger partial charge in [0.2, 0.25) is 0 Å². The molecule has 0 fully saturated rings. The number of nitrogens with one attached hydrogen (secondary N) is 4.